The number of hydrogen-bond acceptors (Lipinski definition) is 4. The van der Waals surface area contributed by atoms with Crippen molar-refractivity contribution < 1.29 is 9.53 Å². The van der Waals surface area contributed by atoms with Gasteiger partial charge in [0.1, 0.15) is 5.75 Å². The molecule has 43 heavy (non-hydrogen) atoms. The van der Waals surface area contributed by atoms with Crippen LogP contribution in [0.15, 0.2) is 109 Å². The molecule has 2 atom stereocenters. The van der Waals surface area contributed by atoms with Gasteiger partial charge < -0.3 is 24.8 Å². The van der Waals surface area contributed by atoms with E-state index in [0.717, 1.165) is 34.0 Å². The molecule has 0 radical (unpaired) electrons. The first-order valence-electron chi connectivity index (χ1n) is 13.9. The number of amides is 1. The van der Waals surface area contributed by atoms with E-state index in [1.807, 2.05) is 97.1 Å². The first kappa shape index (κ1) is 28.5. The lowest BCUT2D eigenvalue weighted by Crippen LogP contribution is -2.29. The topological polar surface area (TPSA) is 71.4 Å². The maximum Gasteiger partial charge on any atom is 0.262 e. The van der Waals surface area contributed by atoms with Crippen LogP contribution in [0.2, 0.25) is 5.02 Å². The molecule has 1 amide bonds. The summed E-state index contributed by atoms with van der Waals surface area (Å²) >= 11 is 12.1. The molecule has 2 aromatic heterocycles. The second-order valence-electron chi connectivity index (χ2n) is 10.3. The van der Waals surface area contributed by atoms with Gasteiger partial charge in [0.05, 0.1) is 17.8 Å². The van der Waals surface area contributed by atoms with Gasteiger partial charge in [-0.3, -0.25) is 9.78 Å². The molecule has 9 heteroatoms. The third-order valence-corrected chi connectivity index (χ3v) is 8.08. The van der Waals surface area contributed by atoms with E-state index in [2.05, 4.69) is 45.0 Å². The Morgan fingerprint density at radius 3 is 2.35 bits per heavy atom. The molecule has 0 bridgehead atoms. The number of thiocarbonyl (C=S) groups is 1. The molecule has 0 spiro atoms. The number of rotatable bonds is 8. The Morgan fingerprint density at radius 2 is 1.65 bits per heavy atom. The first-order chi connectivity index (χ1) is 20.9. The number of benzene rings is 3. The summed E-state index contributed by atoms with van der Waals surface area (Å²) in [7, 11) is 0. The normalized spacial score (nSPS) is 16.2. The van der Waals surface area contributed by atoms with E-state index < -0.39 is 0 Å². The molecule has 1 fully saturated rings. The summed E-state index contributed by atoms with van der Waals surface area (Å²) in [6.45, 7) is 4.15. The van der Waals surface area contributed by atoms with Crippen molar-refractivity contribution in [1.82, 2.24) is 14.9 Å². The average molecular weight is 608 g/mol. The molecule has 2 N–H and O–H groups in total. The Hall–Kier alpha value is -4.66. The molecule has 3 aromatic carbocycles. The molecule has 1 aliphatic rings. The summed E-state index contributed by atoms with van der Waals surface area (Å²) in [5, 5.41) is 7.74. The van der Waals surface area contributed by atoms with E-state index >= 15 is 0 Å². The predicted octanol–water partition coefficient (Wildman–Crippen LogP) is 7.34. The smallest absolute Gasteiger partial charge is 0.262 e. The fraction of sp³-hybridized carbons (Fsp3) is 0.147. The minimum atomic E-state index is -0.238. The molecule has 3 heterocycles. The minimum absolute atomic E-state index is 0.0804. The number of para-hydroxylation sites is 1. The Bertz CT molecular complexity index is 1740. The highest BCUT2D eigenvalue weighted by Gasteiger charge is 2.42. The second-order valence-corrected chi connectivity index (χ2v) is 11.2. The number of aryl methyl sites for hydroxylation is 1. The zero-order chi connectivity index (χ0) is 29.9. The molecule has 7 nitrogen and oxygen atoms in total. The minimum Gasteiger partial charge on any atom is -0.484 e. The van der Waals surface area contributed by atoms with Crippen LogP contribution in [0, 0.1) is 13.8 Å². The summed E-state index contributed by atoms with van der Waals surface area (Å²) in [6, 6.07) is 32.6. The van der Waals surface area contributed by atoms with Gasteiger partial charge in [-0.1, -0.05) is 35.9 Å². The lowest BCUT2D eigenvalue weighted by molar-refractivity contribution is -0.118. The van der Waals surface area contributed by atoms with E-state index in [0.29, 0.717) is 21.6 Å². The molecule has 1 aliphatic heterocycles. The Morgan fingerprint density at radius 1 is 0.953 bits per heavy atom. The third kappa shape index (κ3) is 5.98. The quantitative estimate of drug-likeness (QED) is 0.180. The molecule has 0 unspecified atom stereocenters. The fourth-order valence-corrected chi connectivity index (χ4v) is 6.06. The van der Waals surface area contributed by atoms with Gasteiger partial charge in [-0.25, -0.2) is 0 Å². The Balaban J connectivity index is 1.30. The Kier molecular flexibility index (Phi) is 8.13. The number of carbonyl (C=O) groups is 1. The van der Waals surface area contributed by atoms with Crippen LogP contribution >= 0.6 is 23.8 Å². The van der Waals surface area contributed by atoms with Crippen molar-refractivity contribution in [2.75, 3.05) is 16.8 Å². The van der Waals surface area contributed by atoms with Crippen molar-refractivity contribution in [2.24, 2.45) is 0 Å². The molecule has 6 rings (SSSR count). The van der Waals surface area contributed by atoms with Gasteiger partial charge >= 0.3 is 0 Å². The highest BCUT2D eigenvalue weighted by molar-refractivity contribution is 7.80. The number of aromatic nitrogens is 2. The highest BCUT2D eigenvalue weighted by atomic mass is 35.5. The maximum absolute atomic E-state index is 12.5. The van der Waals surface area contributed by atoms with Gasteiger partial charge in [0.25, 0.3) is 5.91 Å². The molecule has 0 saturated carbocycles. The largest absolute Gasteiger partial charge is 0.484 e. The van der Waals surface area contributed by atoms with Crippen LogP contribution in [0.5, 0.6) is 5.75 Å². The lowest BCUT2D eigenvalue weighted by Gasteiger charge is -2.28. The number of anilines is 2. The summed E-state index contributed by atoms with van der Waals surface area (Å²) in [5.74, 6) is 0.407. The SMILES string of the molecule is Cc1cc([C@H]2[C@@H](c3ccccn3)NC(=S)N2c2ccc(NC(=O)COc3ccccc3)cc2)c(C)n1-c1ccc(Cl)cc1. The van der Waals surface area contributed by atoms with Crippen molar-refractivity contribution in [3.05, 3.63) is 137 Å². The van der Waals surface area contributed by atoms with E-state index in [-0.39, 0.29) is 24.6 Å². The van der Waals surface area contributed by atoms with E-state index in [1.54, 1.807) is 6.20 Å². The lowest BCUT2D eigenvalue weighted by atomic mass is 9.96. The summed E-state index contributed by atoms with van der Waals surface area (Å²) in [4.78, 5) is 19.3. The number of nitrogens with one attached hydrogen (secondary N) is 2. The molecule has 216 valence electrons. The van der Waals surface area contributed by atoms with Crippen LogP contribution in [0.4, 0.5) is 11.4 Å². The van der Waals surface area contributed by atoms with E-state index in [9.17, 15) is 4.79 Å². The number of hydrogen-bond donors (Lipinski definition) is 2. The van der Waals surface area contributed by atoms with Gasteiger partial charge in [-0.15, -0.1) is 0 Å². The molecule has 0 aliphatic carbocycles. The van der Waals surface area contributed by atoms with Crippen molar-refractivity contribution in [3.8, 4) is 11.4 Å². The molecular formula is C34H30ClN5O2S. The Labute approximate surface area is 261 Å². The number of halogens is 1. The van der Waals surface area contributed by atoms with Crippen LogP contribution in [0.25, 0.3) is 5.69 Å². The maximum atomic E-state index is 12.5. The predicted molar refractivity (Wildman–Crippen MR) is 175 cm³/mol. The van der Waals surface area contributed by atoms with Gasteiger partial charge in [-0.2, -0.15) is 0 Å². The van der Waals surface area contributed by atoms with Gasteiger partial charge in [-0.05, 0) is 110 Å². The zero-order valence-corrected chi connectivity index (χ0v) is 25.3. The number of carbonyl (C=O) groups excluding carboxylic acids is 1. The number of nitrogens with zero attached hydrogens (tertiary/aromatic N) is 3. The van der Waals surface area contributed by atoms with Gasteiger partial charge in [0.15, 0.2) is 11.7 Å². The summed E-state index contributed by atoms with van der Waals surface area (Å²) in [5.41, 5.74) is 6.84. The number of ether oxygens (including phenoxy) is 1. The molecule has 5 aromatic rings. The van der Waals surface area contributed by atoms with Gasteiger partial charge in [0, 0.05) is 39.7 Å². The van der Waals surface area contributed by atoms with Crippen molar-refractivity contribution in [3.63, 3.8) is 0 Å². The second kappa shape index (κ2) is 12.3. The van der Waals surface area contributed by atoms with Crippen LogP contribution in [-0.2, 0) is 4.79 Å². The molecular weight excluding hydrogens is 578 g/mol. The van der Waals surface area contributed by atoms with E-state index in [4.69, 9.17) is 28.6 Å². The van der Waals surface area contributed by atoms with Crippen molar-refractivity contribution in [1.29, 1.82) is 0 Å². The van der Waals surface area contributed by atoms with Crippen LogP contribution in [0.1, 0.15) is 34.7 Å². The summed E-state index contributed by atoms with van der Waals surface area (Å²) in [6.07, 6.45) is 1.80. The van der Waals surface area contributed by atoms with Crippen LogP contribution < -0.4 is 20.3 Å². The van der Waals surface area contributed by atoms with Crippen LogP contribution in [-0.4, -0.2) is 27.2 Å². The fourth-order valence-electron chi connectivity index (χ4n) is 5.59. The van der Waals surface area contributed by atoms with Crippen molar-refractivity contribution in [2.45, 2.75) is 25.9 Å². The standard InChI is InChI=1S/C34H30ClN5O2S/c1-22-20-29(23(2)39(22)26-15-11-24(35)12-16-26)33-32(30-10-6-7-19-36-30)38-34(43)40(33)27-17-13-25(14-18-27)37-31(41)21-42-28-8-4-3-5-9-28/h3-20,32-33H,21H2,1-2H3,(H,37,41)(H,38,43)/t32-,33+/m1/s1. The zero-order valence-electron chi connectivity index (χ0n) is 23.7. The number of pyridine rings is 1. The summed E-state index contributed by atoms with van der Waals surface area (Å²) < 4.78 is 7.81. The van der Waals surface area contributed by atoms with Gasteiger partial charge in [0.2, 0.25) is 0 Å². The highest BCUT2D eigenvalue weighted by Crippen LogP contribution is 2.44. The van der Waals surface area contributed by atoms with Crippen molar-refractivity contribution >= 4 is 46.2 Å². The monoisotopic (exact) mass is 607 g/mol. The average Bonchev–Trinajstić information content (AvgIpc) is 3.52. The molecule has 1 saturated heterocycles. The third-order valence-electron chi connectivity index (χ3n) is 7.51. The van der Waals surface area contributed by atoms with Crippen LogP contribution in [0.3, 0.4) is 0 Å². The first-order valence-corrected chi connectivity index (χ1v) is 14.7. The van der Waals surface area contributed by atoms with E-state index in [1.165, 1.54) is 0 Å².